The van der Waals surface area contributed by atoms with E-state index in [2.05, 4.69) is 10.6 Å². The topological polar surface area (TPSA) is 179 Å². The van der Waals surface area contributed by atoms with Crippen LogP contribution in [0.25, 0.3) is 0 Å². The number of carboxylic acids is 2. The summed E-state index contributed by atoms with van der Waals surface area (Å²) in [5.74, 6) is -3.88. The minimum atomic E-state index is -1.28. The third-order valence-electron chi connectivity index (χ3n) is 4.91. The van der Waals surface area contributed by atoms with Crippen LogP contribution in [0, 0.1) is 0 Å². The van der Waals surface area contributed by atoms with Gasteiger partial charge in [-0.05, 0) is 36.1 Å². The van der Waals surface area contributed by atoms with Crippen molar-refractivity contribution in [3.05, 3.63) is 65.7 Å². The van der Waals surface area contributed by atoms with E-state index < -0.39 is 48.3 Å². The smallest absolute Gasteiger partial charge is 0.326 e. The van der Waals surface area contributed by atoms with Crippen LogP contribution in [0.1, 0.15) is 24.0 Å². The van der Waals surface area contributed by atoms with Crippen molar-refractivity contribution in [2.45, 2.75) is 43.8 Å². The van der Waals surface area contributed by atoms with E-state index in [1.807, 2.05) is 0 Å². The van der Waals surface area contributed by atoms with Crippen LogP contribution in [0.2, 0.25) is 0 Å². The Morgan fingerprint density at radius 3 is 1.94 bits per heavy atom. The molecule has 10 nitrogen and oxygen atoms in total. The van der Waals surface area contributed by atoms with Gasteiger partial charge >= 0.3 is 11.9 Å². The SMILES string of the molecule is NC(Cc1ccc(O)cc1)C(=O)NC(CCC(=O)O)C(=O)NC(Cc1ccccc1)C(=O)O. The molecule has 0 aliphatic carbocycles. The molecule has 0 aliphatic heterocycles. The average molecular weight is 457 g/mol. The standard InChI is InChI=1S/C23H27N3O7/c24-17(12-15-6-8-16(27)9-7-15)21(30)25-18(10-11-20(28)29)22(31)26-19(23(32)33)13-14-4-2-1-3-5-14/h1-9,17-19,27H,10-13,24H2,(H,25,30)(H,26,31)(H,28,29)(H,32,33). The molecule has 0 heterocycles. The van der Waals surface area contributed by atoms with Crippen molar-refractivity contribution >= 4 is 23.8 Å². The number of phenols is 1. The van der Waals surface area contributed by atoms with Crippen molar-refractivity contribution in [3.63, 3.8) is 0 Å². The molecule has 0 saturated heterocycles. The summed E-state index contributed by atoms with van der Waals surface area (Å²) >= 11 is 0. The van der Waals surface area contributed by atoms with Crippen LogP contribution in [0.3, 0.4) is 0 Å². The number of carbonyl (C=O) groups excluding carboxylic acids is 2. The van der Waals surface area contributed by atoms with Gasteiger partial charge in [0.1, 0.15) is 17.8 Å². The quantitative estimate of drug-likeness (QED) is 0.265. The number of amides is 2. The third kappa shape index (κ3) is 8.62. The number of carboxylic acid groups (broad SMARTS) is 2. The van der Waals surface area contributed by atoms with Gasteiger partial charge < -0.3 is 31.7 Å². The zero-order valence-corrected chi connectivity index (χ0v) is 17.8. The van der Waals surface area contributed by atoms with E-state index in [1.165, 1.54) is 12.1 Å². The Morgan fingerprint density at radius 2 is 1.36 bits per heavy atom. The van der Waals surface area contributed by atoms with Crippen LogP contribution in [0.4, 0.5) is 0 Å². The normalized spacial score (nSPS) is 13.4. The van der Waals surface area contributed by atoms with Crippen LogP contribution in [-0.4, -0.2) is 57.2 Å². The molecule has 2 aromatic rings. The summed E-state index contributed by atoms with van der Waals surface area (Å²) in [4.78, 5) is 48.0. The molecule has 0 aliphatic rings. The van der Waals surface area contributed by atoms with Crippen molar-refractivity contribution in [1.82, 2.24) is 10.6 Å². The summed E-state index contributed by atoms with van der Waals surface area (Å²) in [6, 6.07) is 11.2. The molecule has 33 heavy (non-hydrogen) atoms. The van der Waals surface area contributed by atoms with Gasteiger partial charge in [-0.15, -0.1) is 0 Å². The van der Waals surface area contributed by atoms with Gasteiger partial charge in [0.25, 0.3) is 0 Å². The lowest BCUT2D eigenvalue weighted by Crippen LogP contribution is -2.55. The lowest BCUT2D eigenvalue weighted by atomic mass is 10.0. The Labute approximate surface area is 190 Å². The molecule has 0 saturated carbocycles. The zero-order valence-electron chi connectivity index (χ0n) is 17.8. The van der Waals surface area contributed by atoms with E-state index in [4.69, 9.17) is 10.8 Å². The summed E-state index contributed by atoms with van der Waals surface area (Å²) in [5.41, 5.74) is 7.29. The fourth-order valence-electron chi connectivity index (χ4n) is 3.12. The number of nitrogens with two attached hydrogens (primary N) is 1. The van der Waals surface area contributed by atoms with E-state index in [-0.39, 0.29) is 25.0 Å². The maximum atomic E-state index is 12.8. The third-order valence-corrected chi connectivity index (χ3v) is 4.91. The molecule has 0 spiro atoms. The van der Waals surface area contributed by atoms with Crippen LogP contribution < -0.4 is 16.4 Å². The molecule has 2 aromatic carbocycles. The van der Waals surface area contributed by atoms with Crippen molar-refractivity contribution in [2.24, 2.45) is 5.73 Å². The number of nitrogens with one attached hydrogen (secondary N) is 2. The van der Waals surface area contributed by atoms with Gasteiger partial charge in [-0.3, -0.25) is 14.4 Å². The maximum Gasteiger partial charge on any atom is 0.326 e. The molecule has 176 valence electrons. The molecular formula is C23H27N3O7. The van der Waals surface area contributed by atoms with E-state index in [9.17, 15) is 29.4 Å². The van der Waals surface area contributed by atoms with Crippen molar-refractivity contribution < 1.29 is 34.5 Å². The average Bonchev–Trinajstić information content (AvgIpc) is 2.77. The fourth-order valence-corrected chi connectivity index (χ4v) is 3.12. The highest BCUT2D eigenvalue weighted by atomic mass is 16.4. The minimum absolute atomic E-state index is 0.0158. The number of carbonyl (C=O) groups is 4. The lowest BCUT2D eigenvalue weighted by Gasteiger charge is -2.22. The molecule has 7 N–H and O–H groups in total. The second kappa shape index (κ2) is 12.2. The number of hydrogen-bond donors (Lipinski definition) is 6. The van der Waals surface area contributed by atoms with Gasteiger partial charge in [-0.2, -0.15) is 0 Å². The first-order valence-corrected chi connectivity index (χ1v) is 10.3. The molecule has 0 aromatic heterocycles. The lowest BCUT2D eigenvalue weighted by molar-refractivity contribution is -0.143. The highest BCUT2D eigenvalue weighted by Crippen LogP contribution is 2.11. The predicted molar refractivity (Wildman–Crippen MR) is 118 cm³/mol. The van der Waals surface area contributed by atoms with E-state index in [0.717, 1.165) is 0 Å². The van der Waals surface area contributed by atoms with E-state index in [0.29, 0.717) is 11.1 Å². The summed E-state index contributed by atoms with van der Waals surface area (Å²) in [6.07, 6.45) is -0.522. The molecule has 10 heteroatoms. The molecule has 0 bridgehead atoms. The van der Waals surface area contributed by atoms with E-state index in [1.54, 1.807) is 42.5 Å². The Hall–Kier alpha value is -3.92. The van der Waals surface area contributed by atoms with Crippen LogP contribution in [0.15, 0.2) is 54.6 Å². The number of rotatable bonds is 12. The second-order valence-electron chi connectivity index (χ2n) is 7.56. The van der Waals surface area contributed by atoms with Gasteiger partial charge in [0, 0.05) is 12.8 Å². The molecule has 2 amide bonds. The summed E-state index contributed by atoms with van der Waals surface area (Å²) in [6.45, 7) is 0. The van der Waals surface area contributed by atoms with Gasteiger partial charge in [0.15, 0.2) is 0 Å². The number of phenolic OH excluding ortho intramolecular Hbond substituents is 1. The molecular weight excluding hydrogens is 430 g/mol. The molecule has 0 radical (unpaired) electrons. The van der Waals surface area contributed by atoms with Crippen molar-refractivity contribution in [2.75, 3.05) is 0 Å². The van der Waals surface area contributed by atoms with Gasteiger partial charge in [0.05, 0.1) is 6.04 Å². The van der Waals surface area contributed by atoms with Crippen molar-refractivity contribution in [1.29, 1.82) is 0 Å². The number of aromatic hydroxyl groups is 1. The highest BCUT2D eigenvalue weighted by molar-refractivity contribution is 5.92. The Balaban J connectivity index is 2.06. The predicted octanol–water partition coefficient (Wildman–Crippen LogP) is 0.424. The van der Waals surface area contributed by atoms with Crippen LogP contribution in [-0.2, 0) is 32.0 Å². The summed E-state index contributed by atoms with van der Waals surface area (Å²) in [7, 11) is 0. The first kappa shape index (κ1) is 25.3. The monoisotopic (exact) mass is 457 g/mol. The molecule has 3 atom stereocenters. The summed E-state index contributed by atoms with van der Waals surface area (Å²) in [5, 5.41) is 32.6. The number of benzene rings is 2. The largest absolute Gasteiger partial charge is 0.508 e. The second-order valence-corrected chi connectivity index (χ2v) is 7.56. The van der Waals surface area contributed by atoms with E-state index >= 15 is 0 Å². The minimum Gasteiger partial charge on any atom is -0.508 e. The molecule has 2 rings (SSSR count). The first-order chi connectivity index (χ1) is 15.7. The van der Waals surface area contributed by atoms with Crippen LogP contribution in [0.5, 0.6) is 5.75 Å². The maximum absolute atomic E-state index is 12.8. The number of hydrogen-bond acceptors (Lipinski definition) is 6. The van der Waals surface area contributed by atoms with Gasteiger partial charge in [-0.1, -0.05) is 42.5 Å². The van der Waals surface area contributed by atoms with Gasteiger partial charge in [-0.25, -0.2) is 4.79 Å². The Morgan fingerprint density at radius 1 is 0.788 bits per heavy atom. The number of aliphatic carboxylic acids is 2. The Kier molecular flexibility index (Phi) is 9.37. The van der Waals surface area contributed by atoms with Crippen molar-refractivity contribution in [3.8, 4) is 5.75 Å². The molecule has 3 unspecified atom stereocenters. The summed E-state index contributed by atoms with van der Waals surface area (Å²) < 4.78 is 0. The fraction of sp³-hybridized carbons (Fsp3) is 0.304. The molecule has 0 fully saturated rings. The highest BCUT2D eigenvalue weighted by Gasteiger charge is 2.28. The Bertz CT molecular complexity index is 964. The van der Waals surface area contributed by atoms with Gasteiger partial charge in [0.2, 0.25) is 11.8 Å². The van der Waals surface area contributed by atoms with Crippen LogP contribution >= 0.6 is 0 Å². The first-order valence-electron chi connectivity index (χ1n) is 10.3. The zero-order chi connectivity index (χ0) is 24.4.